The number of carbonyl (C=O) groups is 1. The third-order valence-electron chi connectivity index (χ3n) is 5.09. The quantitative estimate of drug-likeness (QED) is 0.906. The van der Waals surface area contributed by atoms with Crippen LogP contribution in [0.25, 0.3) is 0 Å². The Bertz CT molecular complexity index is 601. The van der Waals surface area contributed by atoms with E-state index in [1.165, 1.54) is 6.42 Å². The van der Waals surface area contributed by atoms with E-state index < -0.39 is 0 Å². The molecule has 1 aromatic rings. The molecule has 2 aliphatic rings. The number of nitrogens with one attached hydrogen (secondary N) is 1. The number of hydrogen-bond donors (Lipinski definition) is 1. The number of rotatable bonds is 2. The summed E-state index contributed by atoms with van der Waals surface area (Å²) in [5.41, 5.74) is 0.580. The summed E-state index contributed by atoms with van der Waals surface area (Å²) < 4.78 is 0. The normalized spacial score (nSPS) is 22.1. The number of nitrogens with zero attached hydrogens (tertiary/aromatic N) is 4. The minimum atomic E-state index is 0.0946. The van der Waals surface area contributed by atoms with Crippen LogP contribution in [0.15, 0.2) is 18.3 Å². The summed E-state index contributed by atoms with van der Waals surface area (Å²) in [5.74, 6) is 0.906. The molecule has 0 saturated carbocycles. The van der Waals surface area contributed by atoms with Gasteiger partial charge in [0.05, 0.1) is 5.56 Å². The van der Waals surface area contributed by atoms with Gasteiger partial charge in [-0.3, -0.25) is 0 Å². The number of piperidine rings is 2. The molecular formula is C18H25N5O. The summed E-state index contributed by atoms with van der Waals surface area (Å²) in [7, 11) is 0. The Morgan fingerprint density at radius 3 is 2.67 bits per heavy atom. The van der Waals surface area contributed by atoms with E-state index in [2.05, 4.69) is 28.2 Å². The predicted molar refractivity (Wildman–Crippen MR) is 92.7 cm³/mol. The lowest BCUT2D eigenvalue weighted by Gasteiger charge is -2.37. The number of anilines is 1. The number of hydrogen-bond acceptors (Lipinski definition) is 4. The molecule has 0 bridgehead atoms. The van der Waals surface area contributed by atoms with Crippen LogP contribution >= 0.6 is 0 Å². The third kappa shape index (κ3) is 3.78. The monoisotopic (exact) mass is 327 g/mol. The van der Waals surface area contributed by atoms with Crippen molar-refractivity contribution in [3.63, 3.8) is 0 Å². The Morgan fingerprint density at radius 2 is 2.04 bits per heavy atom. The smallest absolute Gasteiger partial charge is 0.317 e. The fourth-order valence-electron chi connectivity index (χ4n) is 3.55. The van der Waals surface area contributed by atoms with Crippen molar-refractivity contribution >= 4 is 11.8 Å². The first kappa shape index (κ1) is 16.6. The Morgan fingerprint density at radius 1 is 1.25 bits per heavy atom. The molecule has 6 nitrogen and oxygen atoms in total. The molecular weight excluding hydrogens is 302 g/mol. The maximum Gasteiger partial charge on any atom is 0.317 e. The molecule has 6 heteroatoms. The van der Waals surface area contributed by atoms with Crippen molar-refractivity contribution in [1.29, 1.82) is 5.26 Å². The second-order valence-corrected chi connectivity index (χ2v) is 6.77. The standard InChI is InChI=1S/C18H25N5O/c1-14-4-2-3-9-23(14)18(24)21-16-7-10-22(11-8-16)17-6-5-15(12-19)13-20-17/h5-6,13-14,16H,2-4,7-11H2,1H3,(H,21,24)/t14-/m1/s1. The lowest BCUT2D eigenvalue weighted by Crippen LogP contribution is -2.52. The highest BCUT2D eigenvalue weighted by Crippen LogP contribution is 2.20. The van der Waals surface area contributed by atoms with Crippen molar-refractivity contribution in [3.05, 3.63) is 23.9 Å². The van der Waals surface area contributed by atoms with Crippen LogP contribution in [0.4, 0.5) is 10.6 Å². The number of aromatic nitrogens is 1. The Labute approximate surface area is 143 Å². The zero-order valence-corrected chi connectivity index (χ0v) is 14.2. The Hall–Kier alpha value is -2.29. The van der Waals surface area contributed by atoms with E-state index in [0.717, 1.165) is 51.1 Å². The van der Waals surface area contributed by atoms with E-state index in [1.807, 2.05) is 11.0 Å². The second kappa shape index (κ2) is 7.52. The average Bonchev–Trinajstić information content (AvgIpc) is 2.63. The third-order valence-corrected chi connectivity index (χ3v) is 5.09. The van der Waals surface area contributed by atoms with Crippen LogP contribution < -0.4 is 10.2 Å². The van der Waals surface area contributed by atoms with Crippen LogP contribution in [0.1, 0.15) is 44.6 Å². The van der Waals surface area contributed by atoms with Crippen LogP contribution in [-0.4, -0.2) is 47.6 Å². The summed E-state index contributed by atoms with van der Waals surface area (Å²) in [4.78, 5) is 21.0. The molecule has 0 aliphatic carbocycles. The number of amides is 2. The van der Waals surface area contributed by atoms with Gasteiger partial charge in [0.25, 0.3) is 0 Å². The van der Waals surface area contributed by atoms with Gasteiger partial charge in [-0.05, 0) is 51.2 Å². The number of urea groups is 1. The molecule has 3 rings (SSSR count). The summed E-state index contributed by atoms with van der Waals surface area (Å²) in [6, 6.07) is 6.46. The fraction of sp³-hybridized carbons (Fsp3) is 0.611. The highest BCUT2D eigenvalue weighted by atomic mass is 16.2. The molecule has 1 aromatic heterocycles. The molecule has 2 amide bonds. The van der Waals surface area contributed by atoms with Crippen molar-refractivity contribution in [2.24, 2.45) is 0 Å². The zero-order valence-electron chi connectivity index (χ0n) is 14.2. The van der Waals surface area contributed by atoms with Crippen LogP contribution in [0, 0.1) is 11.3 Å². The minimum Gasteiger partial charge on any atom is -0.356 e. The number of likely N-dealkylation sites (tertiary alicyclic amines) is 1. The largest absolute Gasteiger partial charge is 0.356 e. The average molecular weight is 327 g/mol. The van der Waals surface area contributed by atoms with E-state index in [9.17, 15) is 4.79 Å². The van der Waals surface area contributed by atoms with E-state index in [1.54, 1.807) is 12.3 Å². The molecule has 2 saturated heterocycles. The van der Waals surface area contributed by atoms with Gasteiger partial charge in [-0.1, -0.05) is 0 Å². The van der Waals surface area contributed by atoms with Gasteiger partial charge in [0.1, 0.15) is 11.9 Å². The maximum absolute atomic E-state index is 12.5. The highest BCUT2D eigenvalue weighted by molar-refractivity contribution is 5.75. The van der Waals surface area contributed by atoms with Crippen molar-refractivity contribution in [2.45, 2.75) is 51.1 Å². The minimum absolute atomic E-state index is 0.0946. The van der Waals surface area contributed by atoms with Gasteiger partial charge >= 0.3 is 6.03 Å². The van der Waals surface area contributed by atoms with Crippen molar-refractivity contribution in [1.82, 2.24) is 15.2 Å². The Balaban J connectivity index is 1.49. The maximum atomic E-state index is 12.5. The molecule has 0 radical (unpaired) electrons. The van der Waals surface area contributed by atoms with Crippen molar-refractivity contribution in [2.75, 3.05) is 24.5 Å². The summed E-state index contributed by atoms with van der Waals surface area (Å²) in [5, 5.41) is 12.0. The molecule has 1 atom stereocenters. The molecule has 24 heavy (non-hydrogen) atoms. The van der Waals surface area contributed by atoms with Crippen LogP contribution in [0.2, 0.25) is 0 Å². The molecule has 0 spiro atoms. The number of pyridine rings is 1. The van der Waals surface area contributed by atoms with E-state index >= 15 is 0 Å². The summed E-state index contributed by atoms with van der Waals surface area (Å²) in [6.45, 7) is 4.76. The first-order chi connectivity index (χ1) is 11.7. The number of nitriles is 1. The lowest BCUT2D eigenvalue weighted by atomic mass is 10.0. The van der Waals surface area contributed by atoms with Crippen molar-refractivity contribution < 1.29 is 4.79 Å². The Kier molecular flexibility index (Phi) is 5.19. The molecule has 0 unspecified atom stereocenters. The molecule has 2 aliphatic heterocycles. The fourth-order valence-corrected chi connectivity index (χ4v) is 3.55. The zero-order chi connectivity index (χ0) is 16.9. The molecule has 128 valence electrons. The van der Waals surface area contributed by atoms with E-state index in [-0.39, 0.29) is 12.1 Å². The van der Waals surface area contributed by atoms with E-state index in [4.69, 9.17) is 5.26 Å². The van der Waals surface area contributed by atoms with E-state index in [0.29, 0.717) is 11.6 Å². The van der Waals surface area contributed by atoms with Gasteiger partial charge < -0.3 is 15.1 Å². The summed E-state index contributed by atoms with van der Waals surface area (Å²) in [6.07, 6.45) is 6.91. The second-order valence-electron chi connectivity index (χ2n) is 6.77. The van der Waals surface area contributed by atoms with Gasteiger partial charge in [0.2, 0.25) is 0 Å². The topological polar surface area (TPSA) is 72.3 Å². The number of carbonyl (C=O) groups excluding carboxylic acids is 1. The first-order valence-electron chi connectivity index (χ1n) is 8.85. The van der Waals surface area contributed by atoms with Crippen LogP contribution in [-0.2, 0) is 0 Å². The van der Waals surface area contributed by atoms with Gasteiger partial charge in [-0.2, -0.15) is 5.26 Å². The summed E-state index contributed by atoms with van der Waals surface area (Å²) >= 11 is 0. The SMILES string of the molecule is C[C@@H]1CCCCN1C(=O)NC1CCN(c2ccc(C#N)cn2)CC1. The molecule has 1 N–H and O–H groups in total. The first-order valence-corrected chi connectivity index (χ1v) is 8.85. The molecule has 3 heterocycles. The molecule has 0 aromatic carbocycles. The van der Waals surface area contributed by atoms with Crippen LogP contribution in [0.5, 0.6) is 0 Å². The van der Waals surface area contributed by atoms with Gasteiger partial charge in [-0.15, -0.1) is 0 Å². The predicted octanol–water partition coefficient (Wildman–Crippen LogP) is 2.51. The molecule has 2 fully saturated rings. The highest BCUT2D eigenvalue weighted by Gasteiger charge is 2.27. The van der Waals surface area contributed by atoms with Gasteiger partial charge in [0.15, 0.2) is 0 Å². The van der Waals surface area contributed by atoms with Gasteiger partial charge in [0, 0.05) is 37.9 Å². The lowest BCUT2D eigenvalue weighted by molar-refractivity contribution is 0.153. The van der Waals surface area contributed by atoms with Crippen molar-refractivity contribution in [3.8, 4) is 6.07 Å². The van der Waals surface area contributed by atoms with Crippen LogP contribution in [0.3, 0.4) is 0 Å². The van der Waals surface area contributed by atoms with Gasteiger partial charge in [-0.25, -0.2) is 9.78 Å².